The molecule has 0 atom stereocenters. The van der Waals surface area contributed by atoms with Crippen molar-refractivity contribution in [3.8, 4) is 5.88 Å². The van der Waals surface area contributed by atoms with E-state index in [-0.39, 0.29) is 5.91 Å². The summed E-state index contributed by atoms with van der Waals surface area (Å²) in [7, 11) is 0. The van der Waals surface area contributed by atoms with Gasteiger partial charge in [-0.3, -0.25) is 4.79 Å². The summed E-state index contributed by atoms with van der Waals surface area (Å²) in [6, 6.07) is 3.55. The molecule has 1 aromatic heterocycles. The van der Waals surface area contributed by atoms with Gasteiger partial charge in [-0.2, -0.15) is 0 Å². The zero-order valence-corrected chi connectivity index (χ0v) is 10.6. The highest BCUT2D eigenvalue weighted by molar-refractivity contribution is 6.04. The standard InChI is InChI=1S/C13H17N3O2/c1-3-18-13-11(5-4-6-15-13)16-12(17)9(2)10-7-14-8-10/h4-6,14H,3,7-8H2,1-2H3,(H,16,17). The fourth-order valence-corrected chi connectivity index (χ4v) is 1.63. The Morgan fingerprint density at radius 3 is 2.94 bits per heavy atom. The molecule has 1 amide bonds. The molecule has 1 aromatic rings. The van der Waals surface area contributed by atoms with Crippen molar-refractivity contribution in [1.82, 2.24) is 10.3 Å². The Labute approximate surface area is 106 Å². The van der Waals surface area contributed by atoms with Gasteiger partial charge in [0.2, 0.25) is 5.88 Å². The first-order valence-electron chi connectivity index (χ1n) is 6.01. The maximum absolute atomic E-state index is 12.0. The highest BCUT2D eigenvalue weighted by atomic mass is 16.5. The third-order valence-electron chi connectivity index (χ3n) is 2.85. The summed E-state index contributed by atoms with van der Waals surface area (Å²) in [6.45, 7) is 5.83. The molecule has 0 bridgehead atoms. The van der Waals surface area contributed by atoms with Crippen LogP contribution in [0.3, 0.4) is 0 Å². The Morgan fingerprint density at radius 2 is 2.33 bits per heavy atom. The minimum Gasteiger partial charge on any atom is -0.476 e. The summed E-state index contributed by atoms with van der Waals surface area (Å²) < 4.78 is 5.36. The van der Waals surface area contributed by atoms with Crippen LogP contribution in [0.15, 0.2) is 29.5 Å². The van der Waals surface area contributed by atoms with Gasteiger partial charge in [0.1, 0.15) is 5.69 Å². The lowest BCUT2D eigenvalue weighted by Gasteiger charge is -2.21. The summed E-state index contributed by atoms with van der Waals surface area (Å²) in [6.07, 6.45) is 1.64. The topological polar surface area (TPSA) is 63.2 Å². The largest absolute Gasteiger partial charge is 0.476 e. The second-order valence-electron chi connectivity index (χ2n) is 4.08. The van der Waals surface area contributed by atoms with Crippen LogP contribution in [0.4, 0.5) is 5.69 Å². The summed E-state index contributed by atoms with van der Waals surface area (Å²) in [5.74, 6) is 0.360. The molecule has 0 spiro atoms. The maximum Gasteiger partial charge on any atom is 0.251 e. The normalized spacial score (nSPS) is 13.8. The minimum atomic E-state index is -0.0968. The van der Waals surface area contributed by atoms with Crippen LogP contribution in [0.2, 0.25) is 0 Å². The highest BCUT2D eigenvalue weighted by Crippen LogP contribution is 2.21. The molecule has 5 nitrogen and oxygen atoms in total. The van der Waals surface area contributed by atoms with Crippen LogP contribution in [-0.4, -0.2) is 30.6 Å². The molecule has 18 heavy (non-hydrogen) atoms. The molecule has 0 saturated carbocycles. The molecule has 0 radical (unpaired) electrons. The maximum atomic E-state index is 12.0. The number of pyridine rings is 1. The van der Waals surface area contributed by atoms with E-state index < -0.39 is 0 Å². The highest BCUT2D eigenvalue weighted by Gasteiger charge is 2.17. The van der Waals surface area contributed by atoms with Gasteiger partial charge in [0.15, 0.2) is 0 Å². The monoisotopic (exact) mass is 247 g/mol. The summed E-state index contributed by atoms with van der Waals surface area (Å²) in [5.41, 5.74) is 2.52. The van der Waals surface area contributed by atoms with E-state index in [2.05, 4.69) is 15.6 Å². The van der Waals surface area contributed by atoms with Crippen molar-refractivity contribution in [3.63, 3.8) is 0 Å². The molecule has 1 aliphatic heterocycles. The number of nitrogens with zero attached hydrogens (tertiary/aromatic N) is 1. The van der Waals surface area contributed by atoms with E-state index in [4.69, 9.17) is 4.74 Å². The minimum absolute atomic E-state index is 0.0968. The van der Waals surface area contributed by atoms with Crippen molar-refractivity contribution >= 4 is 11.6 Å². The van der Waals surface area contributed by atoms with Gasteiger partial charge in [-0.15, -0.1) is 0 Å². The molecule has 1 saturated heterocycles. The zero-order valence-electron chi connectivity index (χ0n) is 10.6. The van der Waals surface area contributed by atoms with E-state index in [1.807, 2.05) is 13.8 Å². The number of carbonyl (C=O) groups is 1. The molecule has 96 valence electrons. The van der Waals surface area contributed by atoms with Crippen molar-refractivity contribution in [1.29, 1.82) is 0 Å². The van der Waals surface area contributed by atoms with E-state index in [1.165, 1.54) is 0 Å². The average Bonchev–Trinajstić information content (AvgIpc) is 2.29. The van der Waals surface area contributed by atoms with Gasteiger partial charge in [0, 0.05) is 24.9 Å². The van der Waals surface area contributed by atoms with Gasteiger partial charge in [0.25, 0.3) is 5.91 Å². The van der Waals surface area contributed by atoms with Crippen molar-refractivity contribution in [2.45, 2.75) is 13.8 Å². The number of anilines is 1. The van der Waals surface area contributed by atoms with Crippen molar-refractivity contribution < 1.29 is 9.53 Å². The van der Waals surface area contributed by atoms with E-state index >= 15 is 0 Å². The Morgan fingerprint density at radius 1 is 1.56 bits per heavy atom. The molecule has 1 fully saturated rings. The number of carbonyl (C=O) groups excluding carboxylic acids is 1. The van der Waals surface area contributed by atoms with Crippen LogP contribution in [0, 0.1) is 0 Å². The molecule has 0 unspecified atom stereocenters. The lowest BCUT2D eigenvalue weighted by molar-refractivity contribution is -0.112. The fraction of sp³-hybridized carbons (Fsp3) is 0.385. The smallest absolute Gasteiger partial charge is 0.251 e. The Balaban J connectivity index is 2.11. The number of hydrogen-bond donors (Lipinski definition) is 2. The van der Waals surface area contributed by atoms with Crippen molar-refractivity contribution in [2.75, 3.05) is 25.0 Å². The third kappa shape index (κ3) is 2.68. The number of nitrogens with one attached hydrogen (secondary N) is 2. The first-order valence-corrected chi connectivity index (χ1v) is 6.01. The SMILES string of the molecule is CCOc1ncccc1NC(=O)C(C)=C1CNC1. The van der Waals surface area contributed by atoms with Gasteiger partial charge in [0.05, 0.1) is 6.61 Å². The van der Waals surface area contributed by atoms with Crippen molar-refractivity contribution in [2.24, 2.45) is 0 Å². The summed E-state index contributed by atoms with van der Waals surface area (Å²) in [4.78, 5) is 16.1. The molecule has 2 N–H and O–H groups in total. The second kappa shape index (κ2) is 5.64. The van der Waals surface area contributed by atoms with Crippen LogP contribution in [0.1, 0.15) is 13.8 Å². The van der Waals surface area contributed by atoms with E-state index in [9.17, 15) is 4.79 Å². The lowest BCUT2D eigenvalue weighted by Crippen LogP contribution is -2.36. The Hall–Kier alpha value is -1.88. The van der Waals surface area contributed by atoms with Crippen LogP contribution >= 0.6 is 0 Å². The molecule has 1 aliphatic rings. The zero-order chi connectivity index (χ0) is 13.0. The summed E-state index contributed by atoms with van der Waals surface area (Å²) in [5, 5.41) is 5.95. The molecule has 0 aromatic carbocycles. The number of ether oxygens (including phenoxy) is 1. The number of rotatable bonds is 4. The Kier molecular flexibility index (Phi) is 3.94. The van der Waals surface area contributed by atoms with E-state index in [0.717, 1.165) is 24.2 Å². The van der Waals surface area contributed by atoms with Crippen LogP contribution in [0.5, 0.6) is 5.88 Å². The van der Waals surface area contributed by atoms with Gasteiger partial charge < -0.3 is 15.4 Å². The second-order valence-corrected chi connectivity index (χ2v) is 4.08. The van der Waals surface area contributed by atoms with Crippen LogP contribution in [-0.2, 0) is 4.79 Å². The van der Waals surface area contributed by atoms with Gasteiger partial charge in [-0.25, -0.2) is 4.98 Å². The first-order chi connectivity index (χ1) is 8.72. The first kappa shape index (κ1) is 12.6. The average molecular weight is 247 g/mol. The van der Waals surface area contributed by atoms with Gasteiger partial charge >= 0.3 is 0 Å². The Bertz CT molecular complexity index is 477. The van der Waals surface area contributed by atoms with Crippen LogP contribution < -0.4 is 15.4 Å². The number of amides is 1. The fourth-order valence-electron chi connectivity index (χ4n) is 1.63. The molecular weight excluding hydrogens is 230 g/mol. The van der Waals surface area contributed by atoms with E-state index in [1.54, 1.807) is 18.3 Å². The summed E-state index contributed by atoms with van der Waals surface area (Å²) >= 11 is 0. The molecule has 5 heteroatoms. The molecule has 2 heterocycles. The third-order valence-corrected chi connectivity index (χ3v) is 2.85. The quantitative estimate of drug-likeness (QED) is 0.788. The number of aromatic nitrogens is 1. The molecule has 0 aliphatic carbocycles. The lowest BCUT2D eigenvalue weighted by atomic mass is 10.0. The van der Waals surface area contributed by atoms with Gasteiger partial charge in [-0.05, 0) is 31.6 Å². The molecular formula is C13H17N3O2. The van der Waals surface area contributed by atoms with E-state index in [0.29, 0.717) is 18.2 Å². The predicted molar refractivity (Wildman–Crippen MR) is 69.6 cm³/mol. The van der Waals surface area contributed by atoms with Crippen LogP contribution in [0.25, 0.3) is 0 Å². The van der Waals surface area contributed by atoms with Gasteiger partial charge in [-0.1, -0.05) is 0 Å². The molecule has 2 rings (SSSR count). The number of hydrogen-bond acceptors (Lipinski definition) is 4. The predicted octanol–water partition coefficient (Wildman–Crippen LogP) is 1.34. The van der Waals surface area contributed by atoms with Crippen molar-refractivity contribution in [3.05, 3.63) is 29.5 Å².